The summed E-state index contributed by atoms with van der Waals surface area (Å²) in [6.07, 6.45) is 28.1. The molecule has 2 saturated carbocycles. The summed E-state index contributed by atoms with van der Waals surface area (Å²) in [7, 11) is 9.78. The first-order valence-corrected chi connectivity index (χ1v) is 36.4. The van der Waals surface area contributed by atoms with Crippen molar-refractivity contribution in [2.24, 2.45) is 60.1 Å². The predicted molar refractivity (Wildman–Crippen MR) is 433 cm³/mol. The molecule has 1 unspecified atom stereocenters. The number of likely N-dealkylation sites (N-methyl/N-ethyl adjacent to an activating group) is 4. The maximum Gasteiger partial charge on any atom is 0.384 e. The Bertz CT molecular complexity index is 3010. The Kier molecular flexibility index (Phi) is 50.9. The molecule has 0 aromatic rings. The third-order valence-electron chi connectivity index (χ3n) is 14.3. The first kappa shape index (κ1) is 109. The molecule has 1 heterocycles. The van der Waals surface area contributed by atoms with Gasteiger partial charge in [0, 0.05) is 93.4 Å². The van der Waals surface area contributed by atoms with Crippen molar-refractivity contribution in [2.45, 2.75) is 238 Å². The number of nitrogens with zero attached hydrogens (tertiary/aromatic N) is 6. The zero-order chi connectivity index (χ0) is 85.2. The van der Waals surface area contributed by atoms with Crippen molar-refractivity contribution in [1.29, 1.82) is 5.26 Å². The highest BCUT2D eigenvalue weighted by Gasteiger charge is 2.56. The second-order valence-corrected chi connectivity index (χ2v) is 37.6. The van der Waals surface area contributed by atoms with Crippen LogP contribution < -0.4 is 5.32 Å². The molecule has 1 aliphatic heterocycles. The number of esters is 3. The first-order chi connectivity index (χ1) is 47.5. The summed E-state index contributed by atoms with van der Waals surface area (Å²) < 4.78 is 14.6. The van der Waals surface area contributed by atoms with Crippen molar-refractivity contribution >= 4 is 58.9 Å². The van der Waals surface area contributed by atoms with Gasteiger partial charge in [-0.1, -0.05) is 191 Å². The summed E-state index contributed by atoms with van der Waals surface area (Å²) in [5, 5.41) is 11.3. The monoisotopic (exact) mass is 1490 g/mol. The van der Waals surface area contributed by atoms with Crippen LogP contribution in [0.5, 0.6) is 0 Å². The van der Waals surface area contributed by atoms with Gasteiger partial charge in [-0.05, 0) is 151 Å². The molecule has 0 bridgehead atoms. The molecule has 604 valence electrons. The van der Waals surface area contributed by atoms with E-state index in [2.05, 4.69) is 97.5 Å². The molecule has 3 rings (SSSR count). The summed E-state index contributed by atoms with van der Waals surface area (Å²) in [5.74, 6) is 5.08. The third-order valence-corrected chi connectivity index (χ3v) is 14.3. The molecule has 20 heteroatoms. The van der Waals surface area contributed by atoms with Gasteiger partial charge in [0.15, 0.2) is 5.78 Å². The molecule has 3 aliphatic rings. The minimum atomic E-state index is -0.773. The minimum absolute atomic E-state index is 0.00743. The maximum absolute atomic E-state index is 11.9. The quantitative estimate of drug-likeness (QED) is 0.0270. The fraction of sp³-hybridized carbons (Fsp3) is 0.709. The van der Waals surface area contributed by atoms with Crippen LogP contribution in [0.25, 0.3) is 0 Å². The molecule has 3 fully saturated rings. The fourth-order valence-corrected chi connectivity index (χ4v) is 8.21. The van der Waals surface area contributed by atoms with E-state index in [4.69, 9.17) is 34.0 Å². The summed E-state index contributed by atoms with van der Waals surface area (Å²) in [4.78, 5) is 121. The molecule has 0 spiro atoms. The van der Waals surface area contributed by atoms with Crippen molar-refractivity contribution in [3.63, 3.8) is 0 Å². The van der Waals surface area contributed by atoms with Crippen LogP contribution >= 0.6 is 0 Å². The van der Waals surface area contributed by atoms with E-state index in [-0.39, 0.29) is 96.4 Å². The highest BCUT2D eigenvalue weighted by molar-refractivity contribution is 6.05. The minimum Gasteiger partial charge on any atom is -0.464 e. The molecule has 0 aromatic heterocycles. The van der Waals surface area contributed by atoms with Crippen LogP contribution in [0.15, 0.2) is 49.6 Å². The molecular formula is C86H147N7O13. The van der Waals surface area contributed by atoms with E-state index in [9.17, 15) is 47.9 Å². The van der Waals surface area contributed by atoms with Crippen molar-refractivity contribution < 1.29 is 62.2 Å². The summed E-state index contributed by atoms with van der Waals surface area (Å²) in [6.45, 7) is 71.3. The highest BCUT2D eigenvalue weighted by atomic mass is 16.5. The topological polar surface area (TPSA) is 250 Å². The Hall–Kier alpha value is -7.65. The SMILES string of the molecule is C#CC(=O)C(C)(C)C.C#CC(=O)NC(C)(C)C.C#CC(=O)OCC(C)(C)C.C=CC(=O)N1CCC(C(C)(C)C)C1.C=CC(=O)OCC(C)(C)C.CC(=O)C1(C(=O)OCC(C)(C)C)CC1.CC(C)(C)C(=O)C1(C#N)CC1.CCN(CC(C)(C)C)C(=O)/C=C/CN(C)C.CN(C)C/C=C/C(=O)N(C)CC(C)(C)C. The highest BCUT2D eigenvalue weighted by Crippen LogP contribution is 2.50. The van der Waals surface area contributed by atoms with Gasteiger partial charge in [-0.25, -0.2) is 9.59 Å². The van der Waals surface area contributed by atoms with Crippen LogP contribution in [-0.4, -0.2) is 190 Å². The number of ether oxygens (including phenoxy) is 3. The second-order valence-electron chi connectivity index (χ2n) is 37.6. The predicted octanol–water partition coefficient (Wildman–Crippen LogP) is 14.3. The molecule has 1 saturated heterocycles. The maximum atomic E-state index is 11.9. The van der Waals surface area contributed by atoms with Crippen LogP contribution in [0, 0.1) is 108 Å². The van der Waals surface area contributed by atoms with E-state index >= 15 is 0 Å². The van der Waals surface area contributed by atoms with Crippen molar-refractivity contribution in [2.75, 3.05) is 101 Å². The third kappa shape index (κ3) is 61.5. The number of amides is 4. The lowest BCUT2D eigenvalue weighted by Crippen LogP contribution is -2.39. The summed E-state index contributed by atoms with van der Waals surface area (Å²) in [6, 6.07) is 2.11. The van der Waals surface area contributed by atoms with Crippen LogP contribution in [-0.2, 0) is 62.2 Å². The molecule has 2 aliphatic carbocycles. The van der Waals surface area contributed by atoms with Gasteiger partial charge >= 0.3 is 17.9 Å². The summed E-state index contributed by atoms with van der Waals surface area (Å²) in [5.41, 5.74) is -1.70. The standard InChI is InChI=1S/C13H26N2O.C12H24N2O.C11H19NO.C11H18O3.C9H13NO.C8H14O2.C8H12O2.C7H11NO.C7H10O/c1-7-15(11-13(2,3)4)12(16)9-8-10-14(5)6;1-12(2,3)10-14(6)11(15)8-7-9-13(4)5;1-5-10(13)12-7-6-9(8-12)11(2,3)4;1-8(12)11(5-6-11)9(13)14-7-10(2,3)4;1-8(2,3)7(11)9(6-10)4-5-9;2*1-5-7(9)10-6-8(2,3)4;1-5-6(9)8-7(2,3)4;1-5-6(8)7(2,3)4/h8-9H,7,10-11H2,1-6H3;7-8H,9-10H2,1-6H3;5,9H,1,6-8H2,2-4H3;5-7H2,1-4H3;4-5H2,1-3H3;5H,1,6H2,2-4H3;1H,6H2,2-4H3;1H,2-4H3,(H,8,9);1H,2-4H3/b9-8+;8-7+;;;;;;;. The number of carbonyl (C=O) groups is 10. The largest absolute Gasteiger partial charge is 0.464 e. The van der Waals surface area contributed by atoms with Gasteiger partial charge in [0.05, 0.1) is 25.9 Å². The number of rotatable bonds is 17. The van der Waals surface area contributed by atoms with Gasteiger partial charge in [0.2, 0.25) is 23.5 Å². The number of hydrogen-bond donors (Lipinski definition) is 1. The number of nitriles is 1. The number of terminal acetylenes is 3. The van der Waals surface area contributed by atoms with Gasteiger partial charge in [0.25, 0.3) is 5.91 Å². The molecule has 0 radical (unpaired) electrons. The number of ketones is 3. The molecule has 0 aromatic carbocycles. The second kappa shape index (κ2) is 49.3. The number of nitrogens with one attached hydrogen (secondary N) is 1. The van der Waals surface area contributed by atoms with Gasteiger partial charge in [-0.2, -0.15) is 5.26 Å². The number of carbonyl (C=O) groups excluding carboxylic acids is 10. The van der Waals surface area contributed by atoms with E-state index in [0.29, 0.717) is 44.0 Å². The van der Waals surface area contributed by atoms with E-state index in [1.54, 1.807) is 37.8 Å². The van der Waals surface area contributed by atoms with Gasteiger partial charge in [0.1, 0.15) is 16.6 Å². The number of hydrogen-bond acceptors (Lipinski definition) is 16. The van der Waals surface area contributed by atoms with Crippen molar-refractivity contribution in [1.82, 2.24) is 29.8 Å². The van der Waals surface area contributed by atoms with Crippen molar-refractivity contribution in [3.8, 4) is 43.1 Å². The van der Waals surface area contributed by atoms with E-state index in [0.717, 1.165) is 65.1 Å². The Labute approximate surface area is 645 Å². The fourth-order valence-electron chi connectivity index (χ4n) is 8.21. The average Bonchev–Trinajstić information content (AvgIpc) is 1.63. The van der Waals surface area contributed by atoms with Crippen LogP contribution in [0.2, 0.25) is 0 Å². The molecule has 1 N–H and O–H groups in total. The Morgan fingerprint density at radius 3 is 1.25 bits per heavy atom. The van der Waals surface area contributed by atoms with Gasteiger partial charge < -0.3 is 44.0 Å². The molecular weight excluding hydrogens is 1340 g/mol. The van der Waals surface area contributed by atoms with Crippen LogP contribution in [0.3, 0.4) is 0 Å². The van der Waals surface area contributed by atoms with E-state index in [1.165, 1.54) is 19.1 Å². The van der Waals surface area contributed by atoms with Gasteiger partial charge in [-0.3, -0.25) is 38.4 Å². The lowest BCUT2D eigenvalue weighted by atomic mass is 9.80. The van der Waals surface area contributed by atoms with Crippen molar-refractivity contribution in [3.05, 3.63) is 49.6 Å². The zero-order valence-electron chi connectivity index (χ0n) is 72.8. The lowest BCUT2D eigenvalue weighted by Gasteiger charge is -2.28. The van der Waals surface area contributed by atoms with Crippen LogP contribution in [0.4, 0.5) is 0 Å². The van der Waals surface area contributed by atoms with E-state index < -0.39 is 16.8 Å². The molecule has 1 atom stereocenters. The Morgan fingerprint density at radius 1 is 0.566 bits per heavy atom. The van der Waals surface area contributed by atoms with E-state index in [1.807, 2.05) is 190 Å². The molecule has 106 heavy (non-hydrogen) atoms. The number of likely N-dealkylation sites (tertiary alicyclic amines) is 1. The number of Topliss-reactive ketones (excluding diaryl/α,β-unsaturated/α-hetero) is 3. The molecule has 20 nitrogen and oxygen atoms in total. The Morgan fingerprint density at radius 2 is 0.991 bits per heavy atom. The van der Waals surface area contributed by atoms with Crippen LogP contribution in [0.1, 0.15) is 233 Å². The average molecular weight is 1490 g/mol. The smallest absolute Gasteiger partial charge is 0.384 e. The first-order valence-electron chi connectivity index (χ1n) is 36.4. The lowest BCUT2D eigenvalue weighted by molar-refractivity contribution is -0.156. The Balaban J connectivity index is -0.000000267. The summed E-state index contributed by atoms with van der Waals surface area (Å²) >= 11 is 0. The molecule has 4 amide bonds. The normalized spacial score (nSPS) is 14.7. The zero-order valence-corrected chi connectivity index (χ0v) is 72.8. The van der Waals surface area contributed by atoms with Gasteiger partial charge in [-0.15, -0.1) is 19.3 Å².